The number of aromatic nitrogens is 2. The van der Waals surface area contributed by atoms with Crippen molar-refractivity contribution in [2.24, 2.45) is 0 Å². The molecule has 0 radical (unpaired) electrons. The molecule has 0 unspecified atom stereocenters. The van der Waals surface area contributed by atoms with Gasteiger partial charge in [0.05, 0.1) is 17.5 Å². The maximum atomic E-state index is 11.7. The van der Waals surface area contributed by atoms with Crippen LogP contribution in [0.1, 0.15) is 28.9 Å². The van der Waals surface area contributed by atoms with Crippen molar-refractivity contribution in [1.82, 2.24) is 9.78 Å². The van der Waals surface area contributed by atoms with Gasteiger partial charge in [-0.3, -0.25) is 4.79 Å². The van der Waals surface area contributed by atoms with E-state index in [1.54, 1.807) is 6.20 Å². The zero-order valence-electron chi connectivity index (χ0n) is 11.5. The first kappa shape index (κ1) is 13.5. The molecular weight excluding hydrogens is 244 g/mol. The van der Waals surface area contributed by atoms with Crippen molar-refractivity contribution in [2.45, 2.75) is 51.7 Å². The second-order valence-corrected chi connectivity index (χ2v) is 11.8. The number of fused-ring (bicyclic) bond motifs is 1. The Morgan fingerprint density at radius 1 is 1.39 bits per heavy atom. The van der Waals surface area contributed by atoms with E-state index in [1.807, 2.05) is 4.68 Å². The predicted octanol–water partition coefficient (Wildman–Crippen LogP) is 2.71. The summed E-state index contributed by atoms with van der Waals surface area (Å²) in [5.74, 6) is 0.226. The minimum Gasteiger partial charge on any atom is -0.360 e. The van der Waals surface area contributed by atoms with Gasteiger partial charge < -0.3 is 4.74 Å². The second kappa shape index (κ2) is 5.36. The molecule has 0 aromatic carbocycles. The lowest BCUT2D eigenvalue weighted by molar-refractivity contribution is 0.0758. The van der Waals surface area contributed by atoms with Gasteiger partial charge in [0.1, 0.15) is 6.73 Å². The molecule has 18 heavy (non-hydrogen) atoms. The Hall–Kier alpha value is -0.943. The number of ether oxygens (including phenoxy) is 1. The maximum absolute atomic E-state index is 11.7. The Labute approximate surface area is 109 Å². The summed E-state index contributed by atoms with van der Waals surface area (Å²) in [5, 5.41) is 4.26. The second-order valence-electron chi connectivity index (χ2n) is 6.13. The molecule has 5 heteroatoms. The number of nitrogens with zero attached hydrogens (tertiary/aromatic N) is 2. The highest BCUT2D eigenvalue weighted by atomic mass is 28.3. The van der Waals surface area contributed by atoms with E-state index in [0.29, 0.717) is 13.2 Å². The zero-order chi connectivity index (χ0) is 13.2. The molecule has 100 valence electrons. The van der Waals surface area contributed by atoms with Gasteiger partial charge in [-0.1, -0.05) is 19.6 Å². The molecule has 0 saturated heterocycles. The lowest BCUT2D eigenvalue weighted by Crippen LogP contribution is -2.22. The van der Waals surface area contributed by atoms with E-state index in [4.69, 9.17) is 4.74 Å². The Bertz CT molecular complexity index is 435. The van der Waals surface area contributed by atoms with Crippen LogP contribution in [-0.4, -0.2) is 30.2 Å². The van der Waals surface area contributed by atoms with Gasteiger partial charge in [-0.25, -0.2) is 4.68 Å². The van der Waals surface area contributed by atoms with Gasteiger partial charge in [-0.05, 0) is 18.9 Å². The molecule has 4 nitrogen and oxygen atoms in total. The third-order valence-corrected chi connectivity index (χ3v) is 4.98. The average Bonchev–Trinajstić information content (AvgIpc) is 2.68. The van der Waals surface area contributed by atoms with Crippen LogP contribution in [0.25, 0.3) is 0 Å². The van der Waals surface area contributed by atoms with Gasteiger partial charge in [-0.2, -0.15) is 5.10 Å². The fourth-order valence-corrected chi connectivity index (χ4v) is 2.86. The highest BCUT2D eigenvalue weighted by Crippen LogP contribution is 2.20. The molecule has 1 heterocycles. The molecule has 1 aliphatic rings. The van der Waals surface area contributed by atoms with E-state index in [-0.39, 0.29) is 5.78 Å². The van der Waals surface area contributed by atoms with Crippen LogP contribution in [0.15, 0.2) is 6.20 Å². The van der Waals surface area contributed by atoms with Gasteiger partial charge >= 0.3 is 0 Å². The van der Waals surface area contributed by atoms with E-state index in [0.717, 1.165) is 36.8 Å². The van der Waals surface area contributed by atoms with Gasteiger partial charge in [0.2, 0.25) is 0 Å². The minimum absolute atomic E-state index is 0.226. The molecule has 0 atom stereocenters. The molecule has 0 spiro atoms. The molecule has 0 amide bonds. The first-order chi connectivity index (χ1) is 8.47. The minimum atomic E-state index is -1.03. The SMILES string of the molecule is C[Si](C)(C)CCOCn1ncc2c1CCCC2=O. The number of carbonyl (C=O) groups excluding carboxylic acids is 1. The van der Waals surface area contributed by atoms with Crippen molar-refractivity contribution in [3.8, 4) is 0 Å². The van der Waals surface area contributed by atoms with Crippen LogP contribution in [0, 0.1) is 0 Å². The zero-order valence-corrected chi connectivity index (χ0v) is 12.5. The maximum Gasteiger partial charge on any atom is 0.166 e. The van der Waals surface area contributed by atoms with Crippen LogP contribution in [-0.2, 0) is 17.9 Å². The molecule has 0 fully saturated rings. The van der Waals surface area contributed by atoms with Gasteiger partial charge in [0.25, 0.3) is 0 Å². The number of hydrogen-bond acceptors (Lipinski definition) is 3. The molecule has 1 aromatic heterocycles. The van der Waals surface area contributed by atoms with E-state index in [9.17, 15) is 4.79 Å². The molecule has 1 aromatic rings. The molecule has 1 aliphatic carbocycles. The summed E-state index contributed by atoms with van der Waals surface area (Å²) >= 11 is 0. The monoisotopic (exact) mass is 266 g/mol. The van der Waals surface area contributed by atoms with Crippen LogP contribution in [0.5, 0.6) is 0 Å². The van der Waals surface area contributed by atoms with Crippen molar-refractivity contribution in [3.05, 3.63) is 17.5 Å². The van der Waals surface area contributed by atoms with E-state index in [1.165, 1.54) is 0 Å². The Kier molecular flexibility index (Phi) is 4.02. The normalized spacial score (nSPS) is 15.8. The summed E-state index contributed by atoms with van der Waals surface area (Å²) in [6.07, 6.45) is 4.23. The first-order valence-corrected chi connectivity index (χ1v) is 10.3. The Morgan fingerprint density at radius 3 is 2.89 bits per heavy atom. The average molecular weight is 266 g/mol. The quantitative estimate of drug-likeness (QED) is 0.608. The van der Waals surface area contributed by atoms with Crippen LogP contribution in [0.3, 0.4) is 0 Å². The topological polar surface area (TPSA) is 44.1 Å². The number of Topliss-reactive ketones (excluding diaryl/α,β-unsaturated/α-hetero) is 1. The lowest BCUT2D eigenvalue weighted by atomic mass is 9.97. The highest BCUT2D eigenvalue weighted by molar-refractivity contribution is 6.76. The number of ketones is 1. The lowest BCUT2D eigenvalue weighted by Gasteiger charge is -2.16. The first-order valence-electron chi connectivity index (χ1n) is 6.63. The highest BCUT2D eigenvalue weighted by Gasteiger charge is 2.21. The fourth-order valence-electron chi connectivity index (χ4n) is 2.10. The van der Waals surface area contributed by atoms with Crippen LogP contribution >= 0.6 is 0 Å². The summed E-state index contributed by atoms with van der Waals surface area (Å²) in [4.78, 5) is 11.7. The number of rotatable bonds is 5. The van der Waals surface area contributed by atoms with Crippen LogP contribution < -0.4 is 0 Å². The van der Waals surface area contributed by atoms with Crippen LogP contribution in [0.4, 0.5) is 0 Å². The number of hydrogen-bond donors (Lipinski definition) is 0. The number of carbonyl (C=O) groups is 1. The van der Waals surface area contributed by atoms with Crippen molar-refractivity contribution in [3.63, 3.8) is 0 Å². The molecule has 0 bridgehead atoms. The summed E-state index contributed by atoms with van der Waals surface area (Å²) in [6, 6.07) is 1.16. The molecule has 2 rings (SSSR count). The summed E-state index contributed by atoms with van der Waals surface area (Å²) in [5.41, 5.74) is 1.86. The Balaban J connectivity index is 1.89. The molecular formula is C13H22N2O2Si. The van der Waals surface area contributed by atoms with Gasteiger partial charge in [-0.15, -0.1) is 0 Å². The smallest absolute Gasteiger partial charge is 0.166 e. The van der Waals surface area contributed by atoms with E-state index in [2.05, 4.69) is 24.7 Å². The molecule has 0 saturated carbocycles. The summed E-state index contributed by atoms with van der Waals surface area (Å²) in [7, 11) is -1.03. The third-order valence-electron chi connectivity index (χ3n) is 3.28. The standard InChI is InChI=1S/C13H22N2O2Si/c1-18(2,3)8-7-17-10-15-12-5-4-6-13(16)11(12)9-14-15/h9H,4-8,10H2,1-3H3. The van der Waals surface area contributed by atoms with Crippen molar-refractivity contribution in [2.75, 3.05) is 6.61 Å². The van der Waals surface area contributed by atoms with E-state index >= 15 is 0 Å². The van der Waals surface area contributed by atoms with Crippen molar-refractivity contribution < 1.29 is 9.53 Å². The fraction of sp³-hybridized carbons (Fsp3) is 0.692. The van der Waals surface area contributed by atoms with Gasteiger partial charge in [0, 0.05) is 21.1 Å². The largest absolute Gasteiger partial charge is 0.360 e. The summed E-state index contributed by atoms with van der Waals surface area (Å²) < 4.78 is 7.52. The van der Waals surface area contributed by atoms with E-state index < -0.39 is 8.07 Å². The van der Waals surface area contributed by atoms with Crippen molar-refractivity contribution >= 4 is 13.9 Å². The Morgan fingerprint density at radius 2 is 2.17 bits per heavy atom. The van der Waals surface area contributed by atoms with Crippen molar-refractivity contribution in [1.29, 1.82) is 0 Å². The third kappa shape index (κ3) is 3.29. The summed E-state index contributed by atoms with van der Waals surface area (Å²) in [6.45, 7) is 8.28. The molecule has 0 aliphatic heterocycles. The molecule has 0 N–H and O–H groups in total. The van der Waals surface area contributed by atoms with Crippen LogP contribution in [0.2, 0.25) is 25.7 Å². The predicted molar refractivity (Wildman–Crippen MR) is 73.6 cm³/mol. The van der Waals surface area contributed by atoms with Gasteiger partial charge in [0.15, 0.2) is 5.78 Å².